The lowest BCUT2D eigenvalue weighted by atomic mass is 9.55. The van der Waals surface area contributed by atoms with Crippen LogP contribution >= 0.6 is 0 Å². The predicted molar refractivity (Wildman–Crippen MR) is 120 cm³/mol. The lowest BCUT2D eigenvalue weighted by molar-refractivity contribution is 0.0485. The molecule has 30 heavy (non-hydrogen) atoms. The summed E-state index contributed by atoms with van der Waals surface area (Å²) in [5.74, 6) is 3.53. The first-order valence-electron chi connectivity index (χ1n) is 11.3. The Hall–Kier alpha value is -2.36. The minimum atomic E-state index is 0.206. The van der Waals surface area contributed by atoms with E-state index in [9.17, 15) is 10.2 Å². The van der Waals surface area contributed by atoms with E-state index < -0.39 is 0 Å². The molecule has 160 valence electrons. The summed E-state index contributed by atoms with van der Waals surface area (Å²) in [6, 6.07) is 11.9. The van der Waals surface area contributed by atoms with E-state index in [0.717, 1.165) is 30.2 Å². The van der Waals surface area contributed by atoms with Gasteiger partial charge in [0.05, 0.1) is 12.8 Å². The Balaban J connectivity index is 1.43. The molecule has 4 nitrogen and oxygen atoms in total. The van der Waals surface area contributed by atoms with Crippen molar-refractivity contribution in [1.82, 2.24) is 0 Å². The van der Waals surface area contributed by atoms with Crippen molar-refractivity contribution >= 4 is 5.69 Å². The smallest absolute Gasteiger partial charge is 0.139 e. The third-order valence-corrected chi connectivity index (χ3v) is 8.69. The zero-order valence-corrected chi connectivity index (χ0v) is 18.3. The summed E-state index contributed by atoms with van der Waals surface area (Å²) < 4.78 is 5.46. The molecular weight excluding hydrogens is 374 g/mol. The molecule has 0 spiro atoms. The van der Waals surface area contributed by atoms with Gasteiger partial charge >= 0.3 is 0 Å². The molecule has 0 unspecified atom stereocenters. The monoisotopic (exact) mass is 407 g/mol. The number of methoxy groups -OCH3 is 1. The molecule has 2 aromatic rings. The standard InChI is InChI=1S/C26H33NO3/c1-26-13-12-20-19-8-6-18(30-3)14-16(19)4-7-21(20)22(26)9-11-25(26)27(2)23-15-17(28)5-10-24(23)29/h5-6,8,10,14-15,20-22,25,28-29H,4,7,9,11-13H2,1-3H3/t20-,21-,22+,25+,26+/m1/s1. The Bertz CT molecular complexity index is 957. The molecule has 0 aromatic heterocycles. The summed E-state index contributed by atoms with van der Waals surface area (Å²) in [6.07, 6.45) is 7.24. The fraction of sp³-hybridized carbons (Fsp3) is 0.538. The topological polar surface area (TPSA) is 52.9 Å². The molecular formula is C26H33NO3. The maximum atomic E-state index is 10.4. The fourth-order valence-electron chi connectivity index (χ4n) is 7.26. The second-order valence-corrected chi connectivity index (χ2v) is 9.90. The molecule has 0 radical (unpaired) electrons. The van der Waals surface area contributed by atoms with Gasteiger partial charge in [0.2, 0.25) is 0 Å². The van der Waals surface area contributed by atoms with E-state index in [1.165, 1.54) is 31.2 Å². The molecule has 5 atom stereocenters. The molecule has 0 heterocycles. The first-order chi connectivity index (χ1) is 14.4. The molecule has 0 amide bonds. The van der Waals surface area contributed by atoms with Crippen molar-refractivity contribution in [3.05, 3.63) is 47.5 Å². The van der Waals surface area contributed by atoms with E-state index in [0.29, 0.717) is 17.9 Å². The number of aryl methyl sites for hydroxylation is 1. The number of aromatic hydroxyl groups is 2. The number of fused-ring (bicyclic) bond motifs is 5. The van der Waals surface area contributed by atoms with Gasteiger partial charge in [-0.2, -0.15) is 0 Å². The summed E-state index contributed by atoms with van der Waals surface area (Å²) in [7, 11) is 3.83. The molecule has 0 saturated heterocycles. The van der Waals surface area contributed by atoms with Crippen molar-refractivity contribution in [2.75, 3.05) is 19.1 Å². The van der Waals surface area contributed by atoms with Gasteiger partial charge < -0.3 is 19.8 Å². The van der Waals surface area contributed by atoms with Crippen LogP contribution in [-0.2, 0) is 6.42 Å². The van der Waals surface area contributed by atoms with E-state index >= 15 is 0 Å². The van der Waals surface area contributed by atoms with Crippen LogP contribution in [-0.4, -0.2) is 30.4 Å². The highest BCUT2D eigenvalue weighted by Crippen LogP contribution is 2.62. The Morgan fingerprint density at radius 3 is 2.67 bits per heavy atom. The van der Waals surface area contributed by atoms with Crippen LogP contribution < -0.4 is 9.64 Å². The Morgan fingerprint density at radius 2 is 1.87 bits per heavy atom. The van der Waals surface area contributed by atoms with E-state index in [1.807, 2.05) is 0 Å². The minimum Gasteiger partial charge on any atom is -0.508 e. The van der Waals surface area contributed by atoms with Gasteiger partial charge in [0, 0.05) is 19.2 Å². The number of anilines is 1. The maximum absolute atomic E-state index is 10.4. The second-order valence-electron chi connectivity index (χ2n) is 9.90. The van der Waals surface area contributed by atoms with E-state index in [1.54, 1.807) is 30.9 Å². The van der Waals surface area contributed by atoms with Crippen molar-refractivity contribution in [2.24, 2.45) is 17.3 Å². The molecule has 2 saturated carbocycles. The van der Waals surface area contributed by atoms with Gasteiger partial charge in [-0.25, -0.2) is 0 Å². The Labute approximate surface area is 179 Å². The summed E-state index contributed by atoms with van der Waals surface area (Å²) in [4.78, 5) is 2.23. The zero-order chi connectivity index (χ0) is 21.0. The second kappa shape index (κ2) is 7.11. The third kappa shape index (κ3) is 2.87. The number of hydrogen-bond donors (Lipinski definition) is 2. The maximum Gasteiger partial charge on any atom is 0.139 e. The molecule has 4 heteroatoms. The normalized spacial score (nSPS) is 32.1. The average Bonchev–Trinajstić information content (AvgIpc) is 3.11. The molecule has 3 aliphatic rings. The highest BCUT2D eigenvalue weighted by atomic mass is 16.5. The van der Waals surface area contributed by atoms with Crippen LogP contribution in [0.3, 0.4) is 0 Å². The van der Waals surface area contributed by atoms with Crippen LogP contribution in [0.4, 0.5) is 5.69 Å². The van der Waals surface area contributed by atoms with Crippen molar-refractivity contribution in [3.8, 4) is 17.2 Å². The number of benzene rings is 2. The predicted octanol–water partition coefficient (Wildman–Crippen LogP) is 5.47. The van der Waals surface area contributed by atoms with E-state index in [4.69, 9.17) is 4.74 Å². The largest absolute Gasteiger partial charge is 0.508 e. The number of rotatable bonds is 3. The number of hydrogen-bond acceptors (Lipinski definition) is 4. The minimum absolute atomic E-state index is 0.206. The lowest BCUT2D eigenvalue weighted by Crippen LogP contribution is -2.49. The van der Waals surface area contributed by atoms with Gasteiger partial charge in [0.1, 0.15) is 17.2 Å². The molecule has 5 rings (SSSR count). The first-order valence-corrected chi connectivity index (χ1v) is 11.3. The summed E-state index contributed by atoms with van der Waals surface area (Å²) >= 11 is 0. The number of ether oxygens (including phenoxy) is 1. The van der Waals surface area contributed by atoms with Crippen LogP contribution in [0, 0.1) is 17.3 Å². The van der Waals surface area contributed by atoms with Crippen LogP contribution in [0.15, 0.2) is 36.4 Å². The highest BCUT2D eigenvalue weighted by Gasteiger charge is 2.55. The quantitative estimate of drug-likeness (QED) is 0.663. The molecule has 3 aliphatic carbocycles. The lowest BCUT2D eigenvalue weighted by Gasteiger charge is -2.52. The number of phenolic OH excluding ortho intramolecular Hbond substituents is 2. The Kier molecular flexibility index (Phi) is 4.64. The Morgan fingerprint density at radius 1 is 1.03 bits per heavy atom. The van der Waals surface area contributed by atoms with Gasteiger partial charge in [-0.05, 0) is 97.1 Å². The van der Waals surface area contributed by atoms with E-state index in [2.05, 4.69) is 37.1 Å². The van der Waals surface area contributed by atoms with Crippen LogP contribution in [0.2, 0.25) is 0 Å². The van der Waals surface area contributed by atoms with Crippen molar-refractivity contribution in [1.29, 1.82) is 0 Å². The van der Waals surface area contributed by atoms with Crippen molar-refractivity contribution in [2.45, 2.75) is 57.4 Å². The fourth-order valence-corrected chi connectivity index (χ4v) is 7.26. The van der Waals surface area contributed by atoms with Crippen molar-refractivity contribution < 1.29 is 14.9 Å². The van der Waals surface area contributed by atoms with Gasteiger partial charge in [-0.1, -0.05) is 13.0 Å². The van der Waals surface area contributed by atoms with Crippen LogP contribution in [0.1, 0.15) is 56.1 Å². The van der Waals surface area contributed by atoms with E-state index in [-0.39, 0.29) is 16.9 Å². The van der Waals surface area contributed by atoms with Crippen LogP contribution in [0.5, 0.6) is 17.2 Å². The van der Waals surface area contributed by atoms with Gasteiger partial charge in [0.15, 0.2) is 0 Å². The first kappa shape index (κ1) is 19.6. The van der Waals surface area contributed by atoms with Gasteiger partial charge in [-0.15, -0.1) is 0 Å². The summed E-state index contributed by atoms with van der Waals surface area (Å²) in [5, 5.41) is 20.4. The number of nitrogens with zero attached hydrogens (tertiary/aromatic N) is 1. The number of phenols is 2. The molecule has 2 N–H and O–H groups in total. The summed E-state index contributed by atoms with van der Waals surface area (Å²) in [5.41, 5.74) is 4.01. The zero-order valence-electron chi connectivity index (χ0n) is 18.3. The summed E-state index contributed by atoms with van der Waals surface area (Å²) in [6.45, 7) is 2.48. The van der Waals surface area contributed by atoms with Crippen LogP contribution in [0.25, 0.3) is 0 Å². The highest BCUT2D eigenvalue weighted by molar-refractivity contribution is 5.61. The molecule has 2 aromatic carbocycles. The average molecular weight is 408 g/mol. The molecule has 0 aliphatic heterocycles. The van der Waals surface area contributed by atoms with Crippen molar-refractivity contribution in [3.63, 3.8) is 0 Å². The third-order valence-electron chi connectivity index (χ3n) is 8.69. The molecule has 2 fully saturated rings. The SMILES string of the molecule is COc1ccc2c(c1)CC[C@@H]1[C@@H]2CC[C@]2(C)[C@@H](N(C)c3cc(O)ccc3O)CC[C@@H]12. The molecule has 0 bridgehead atoms. The van der Waals surface area contributed by atoms with Gasteiger partial charge in [0.25, 0.3) is 0 Å². The van der Waals surface area contributed by atoms with Gasteiger partial charge in [-0.3, -0.25) is 0 Å².